The summed E-state index contributed by atoms with van der Waals surface area (Å²) >= 11 is 3.61. The van der Waals surface area contributed by atoms with Crippen molar-refractivity contribution in [2.45, 2.75) is 115 Å². The van der Waals surface area contributed by atoms with Crippen LogP contribution >= 0.6 is 23.5 Å². The van der Waals surface area contributed by atoms with Gasteiger partial charge in [-0.1, -0.05) is 20.8 Å². The first-order valence-corrected chi connectivity index (χ1v) is 17.7. The molecule has 3 N–H and O–H groups in total. The number of halogens is 1. The lowest BCUT2D eigenvalue weighted by atomic mass is 9.99. The lowest BCUT2D eigenvalue weighted by molar-refractivity contribution is -0.147. The molecule has 0 radical (unpaired) electrons. The third-order valence-corrected chi connectivity index (χ3v) is 10.5. The number of hydrogen-bond acceptors (Lipinski definition) is 11. The van der Waals surface area contributed by atoms with Crippen LogP contribution in [0.1, 0.15) is 80.9 Å². The molecular formula is C31H50FN5O7S2. The van der Waals surface area contributed by atoms with Gasteiger partial charge < -0.3 is 25.2 Å². The number of rotatable bonds is 20. The normalized spacial score (nSPS) is 19.0. The number of hydrogen-bond donors (Lipinski definition) is 3. The fraction of sp³-hybridized carbons (Fsp3) is 0.742. The van der Waals surface area contributed by atoms with Crippen molar-refractivity contribution in [3.63, 3.8) is 0 Å². The van der Waals surface area contributed by atoms with Gasteiger partial charge in [-0.25, -0.2) is 9.18 Å². The molecule has 0 bridgehead atoms. The van der Waals surface area contributed by atoms with Crippen LogP contribution in [0.4, 0.5) is 10.2 Å². The Morgan fingerprint density at radius 2 is 1.78 bits per heavy atom. The van der Waals surface area contributed by atoms with Gasteiger partial charge in [0.25, 0.3) is 5.91 Å². The monoisotopic (exact) mass is 687 g/mol. The average molecular weight is 688 g/mol. The Hall–Kier alpha value is -2.49. The first-order chi connectivity index (χ1) is 21.5. The van der Waals surface area contributed by atoms with Gasteiger partial charge in [0, 0.05) is 52.4 Å². The van der Waals surface area contributed by atoms with E-state index in [0.717, 1.165) is 28.9 Å². The van der Waals surface area contributed by atoms with Gasteiger partial charge in [0.1, 0.15) is 11.9 Å². The van der Waals surface area contributed by atoms with Crippen molar-refractivity contribution in [3.8, 4) is 0 Å². The largest absolute Gasteiger partial charge is 0.480 e. The number of aliphatic imine (C=N–C) groups is 1. The zero-order valence-electron chi connectivity index (χ0n) is 28.1. The molecule has 0 spiro atoms. The first kappa shape index (κ1) is 39.7. The van der Waals surface area contributed by atoms with Gasteiger partial charge in [0.05, 0.1) is 12.5 Å². The highest BCUT2D eigenvalue weighted by atomic mass is 32.2. The number of amides is 1. The number of aromatic nitrogens is 2. The van der Waals surface area contributed by atoms with E-state index in [4.69, 9.17) is 9.47 Å². The van der Waals surface area contributed by atoms with E-state index in [-0.39, 0.29) is 36.8 Å². The minimum Gasteiger partial charge on any atom is -0.480 e. The minimum absolute atomic E-state index is 0.00549. The summed E-state index contributed by atoms with van der Waals surface area (Å²) in [6.45, 7) is 13.6. The van der Waals surface area contributed by atoms with E-state index in [1.165, 1.54) is 26.1 Å². The van der Waals surface area contributed by atoms with E-state index in [1.807, 2.05) is 32.5 Å². The summed E-state index contributed by atoms with van der Waals surface area (Å²) in [6, 6.07) is 0.901. The Morgan fingerprint density at radius 3 is 2.30 bits per heavy atom. The Balaban J connectivity index is 1.73. The summed E-state index contributed by atoms with van der Waals surface area (Å²) in [4.78, 5) is 56.8. The Bertz CT molecular complexity index is 1250. The lowest BCUT2D eigenvalue weighted by Crippen LogP contribution is -2.44. The van der Waals surface area contributed by atoms with Crippen LogP contribution in [0.3, 0.4) is 0 Å². The molecule has 5 atom stereocenters. The number of alkyl halides is 1. The van der Waals surface area contributed by atoms with Crippen LogP contribution in [0.15, 0.2) is 22.1 Å². The average Bonchev–Trinajstić information content (AvgIpc) is 2.93. The summed E-state index contributed by atoms with van der Waals surface area (Å²) in [5.41, 5.74) is -1.75. The van der Waals surface area contributed by atoms with E-state index in [1.54, 1.807) is 25.6 Å². The fourth-order valence-corrected chi connectivity index (χ4v) is 7.61. The summed E-state index contributed by atoms with van der Waals surface area (Å²) in [5, 5.41) is 15.9. The molecule has 1 aromatic heterocycles. The van der Waals surface area contributed by atoms with Gasteiger partial charge in [0.15, 0.2) is 18.5 Å². The van der Waals surface area contributed by atoms with Crippen LogP contribution in [0.25, 0.3) is 0 Å². The molecule has 1 aliphatic carbocycles. The van der Waals surface area contributed by atoms with Gasteiger partial charge in [-0.15, -0.1) is 0 Å². The highest BCUT2D eigenvalue weighted by Gasteiger charge is 2.34. The minimum atomic E-state index is -1.87. The van der Waals surface area contributed by atoms with Crippen LogP contribution in [0.2, 0.25) is 0 Å². The second-order valence-electron chi connectivity index (χ2n) is 12.5. The van der Waals surface area contributed by atoms with Crippen LogP contribution in [0, 0.1) is 5.92 Å². The standard InChI is InChI=1S/C31H50FN5O7S2/c1-18(2)34-22(28(40)41)17-46-24-10-9-23(24)45-16-20(5)21(6)33-13-11-27(39)43-15-26(38)35-25-12-14-37(30(42)36-25)29(31(7,8)32)44-19(3)4/h12,14,18-20,22-24,29,34H,9-11,13,15-17H2,1-8H3,(H,40,41)(H,35,36,38,42). The summed E-state index contributed by atoms with van der Waals surface area (Å²) in [6.07, 6.45) is 1.95. The van der Waals surface area contributed by atoms with Gasteiger partial charge in [0.2, 0.25) is 0 Å². The molecule has 1 aromatic rings. The second-order valence-corrected chi connectivity index (χ2v) is 15.1. The van der Waals surface area contributed by atoms with E-state index >= 15 is 0 Å². The molecule has 15 heteroatoms. The predicted octanol–water partition coefficient (Wildman–Crippen LogP) is 4.33. The van der Waals surface area contributed by atoms with Crippen LogP contribution in [0.5, 0.6) is 0 Å². The molecule has 12 nitrogen and oxygen atoms in total. The molecule has 0 aliphatic heterocycles. The van der Waals surface area contributed by atoms with Gasteiger partial charge in [-0.05, 0) is 53.5 Å². The molecular weight excluding hydrogens is 638 g/mol. The van der Waals surface area contributed by atoms with Crippen molar-refractivity contribution in [1.82, 2.24) is 14.9 Å². The number of aliphatic carboxylic acids is 1. The Morgan fingerprint density at radius 1 is 1.15 bits per heavy atom. The van der Waals surface area contributed by atoms with E-state index in [2.05, 4.69) is 27.5 Å². The van der Waals surface area contributed by atoms with Crippen LogP contribution in [-0.2, 0) is 23.9 Å². The molecule has 1 fully saturated rings. The van der Waals surface area contributed by atoms with Crippen molar-refractivity contribution in [3.05, 3.63) is 22.7 Å². The lowest BCUT2D eigenvalue weighted by Gasteiger charge is -2.37. The maximum atomic E-state index is 14.7. The van der Waals surface area contributed by atoms with Crippen LogP contribution < -0.4 is 16.3 Å². The van der Waals surface area contributed by atoms with Crippen molar-refractivity contribution in [2.75, 3.05) is 30.0 Å². The summed E-state index contributed by atoms with van der Waals surface area (Å²) < 4.78 is 26.3. The van der Waals surface area contributed by atoms with Crippen molar-refractivity contribution < 1.29 is 33.4 Å². The number of esters is 1. The number of thioether (sulfide) groups is 2. The van der Waals surface area contributed by atoms with Crippen molar-refractivity contribution in [2.24, 2.45) is 10.9 Å². The molecule has 2 rings (SSSR count). The molecule has 5 unspecified atom stereocenters. The second kappa shape index (κ2) is 18.7. The molecule has 1 saturated carbocycles. The van der Waals surface area contributed by atoms with Gasteiger partial charge >= 0.3 is 17.6 Å². The van der Waals surface area contributed by atoms with Crippen molar-refractivity contribution in [1.29, 1.82) is 0 Å². The maximum absolute atomic E-state index is 14.7. The van der Waals surface area contributed by atoms with E-state index < -0.39 is 48.1 Å². The van der Waals surface area contributed by atoms with E-state index in [9.17, 15) is 28.7 Å². The molecule has 0 aromatic carbocycles. The molecule has 0 saturated heterocycles. The SMILES string of the molecule is CC(=NCCC(=O)OCC(=O)Nc1ccn(C(OC(C)C)C(C)(C)F)c(=O)n1)C(C)CSC1CCC1SCC(NC(C)C)C(=O)O. The quantitative estimate of drug-likeness (QED) is 0.132. The smallest absolute Gasteiger partial charge is 0.351 e. The first-order valence-electron chi connectivity index (χ1n) is 15.6. The van der Waals surface area contributed by atoms with Gasteiger partial charge in [-0.2, -0.15) is 28.5 Å². The Labute approximate surface area is 279 Å². The van der Waals surface area contributed by atoms with Crippen molar-refractivity contribution >= 4 is 52.9 Å². The third kappa shape index (κ3) is 13.7. The molecule has 1 aliphatic rings. The molecule has 260 valence electrons. The molecule has 46 heavy (non-hydrogen) atoms. The maximum Gasteiger partial charge on any atom is 0.351 e. The number of nitrogens with one attached hydrogen (secondary N) is 2. The zero-order valence-corrected chi connectivity index (χ0v) is 29.7. The summed E-state index contributed by atoms with van der Waals surface area (Å²) in [7, 11) is 0. The number of ether oxygens (including phenoxy) is 2. The third-order valence-electron chi connectivity index (χ3n) is 7.11. The highest BCUT2D eigenvalue weighted by molar-refractivity contribution is 8.04. The topological polar surface area (TPSA) is 161 Å². The zero-order chi connectivity index (χ0) is 34.6. The molecule has 1 amide bonds. The number of anilines is 1. The fourth-order valence-electron chi connectivity index (χ4n) is 4.37. The number of carbonyl (C=O) groups excluding carboxylic acids is 2. The number of carboxylic acid groups (broad SMARTS) is 1. The number of nitrogens with zero attached hydrogens (tertiary/aromatic N) is 3. The Kier molecular flexibility index (Phi) is 16.2. The number of carboxylic acids is 1. The van der Waals surface area contributed by atoms with E-state index in [0.29, 0.717) is 16.3 Å². The predicted molar refractivity (Wildman–Crippen MR) is 182 cm³/mol. The summed E-state index contributed by atoms with van der Waals surface area (Å²) in [5.74, 6) is -0.511. The van der Waals surface area contributed by atoms with Gasteiger partial charge in [-0.3, -0.25) is 23.9 Å². The number of carbonyl (C=O) groups is 3. The highest BCUT2D eigenvalue weighted by Crippen LogP contribution is 2.41. The van der Waals surface area contributed by atoms with Crippen LogP contribution in [-0.4, -0.2) is 97.2 Å². The molecule has 1 heterocycles.